The van der Waals surface area contributed by atoms with Crippen molar-refractivity contribution in [3.8, 4) is 22.9 Å². The lowest BCUT2D eigenvalue weighted by Crippen LogP contribution is -2.44. The van der Waals surface area contributed by atoms with Crippen molar-refractivity contribution in [1.29, 1.82) is 0 Å². The Morgan fingerprint density at radius 3 is 1.83 bits per heavy atom. The number of carbonyl (C=O) groups excluding carboxylic acids is 3. The van der Waals surface area contributed by atoms with Gasteiger partial charge in [0, 0.05) is 101 Å². The van der Waals surface area contributed by atoms with Crippen LogP contribution in [-0.2, 0) is 73.2 Å². The molecule has 8 aromatic rings. The molecule has 1 fully saturated rings. The number of likely N-dealkylation sites (tertiary alicyclic amines) is 1. The summed E-state index contributed by atoms with van der Waals surface area (Å²) in [6, 6.07) is 37.9. The predicted molar refractivity (Wildman–Crippen MR) is 310 cm³/mol. The molecule has 1 saturated heterocycles. The Balaban J connectivity index is 0.689. The molecule has 0 bridgehead atoms. The van der Waals surface area contributed by atoms with Gasteiger partial charge in [-0.1, -0.05) is 44.2 Å². The molecule has 420 valence electrons. The number of hydrogen-bond donors (Lipinski definition) is 1. The van der Waals surface area contributed by atoms with Crippen molar-refractivity contribution < 1.29 is 28.6 Å². The second kappa shape index (κ2) is 25.8. The third kappa shape index (κ3) is 13.1. The van der Waals surface area contributed by atoms with Gasteiger partial charge in [-0.2, -0.15) is 0 Å². The summed E-state index contributed by atoms with van der Waals surface area (Å²) >= 11 is 0. The van der Waals surface area contributed by atoms with Gasteiger partial charge in [0.15, 0.2) is 0 Å². The van der Waals surface area contributed by atoms with Gasteiger partial charge in [-0.05, 0) is 146 Å². The number of fused-ring (bicyclic) bond motifs is 5. The molecule has 0 spiro atoms. The number of amides is 2. The molecule has 0 radical (unpaired) electrons. The van der Waals surface area contributed by atoms with Crippen LogP contribution in [0.3, 0.4) is 0 Å². The van der Waals surface area contributed by atoms with Crippen molar-refractivity contribution >= 4 is 28.9 Å². The maximum absolute atomic E-state index is 13.8. The molecule has 0 unspecified atom stereocenters. The van der Waals surface area contributed by atoms with Gasteiger partial charge in [-0.3, -0.25) is 44.1 Å². The smallest absolute Gasteiger partial charge is 0.415 e. The van der Waals surface area contributed by atoms with Gasteiger partial charge in [-0.25, -0.2) is 9.78 Å². The normalized spacial score (nSPS) is 14.8. The molecule has 17 nitrogen and oxygen atoms in total. The molecule has 11 rings (SSSR count). The average molecular weight is 1100 g/mol. The first-order chi connectivity index (χ1) is 40.2. The fourth-order valence-electron chi connectivity index (χ4n) is 11.6. The number of nitrogens with one attached hydrogen (secondary N) is 1. The van der Waals surface area contributed by atoms with Crippen LogP contribution in [0.5, 0.6) is 11.5 Å². The van der Waals surface area contributed by atoms with Gasteiger partial charge in [0.1, 0.15) is 18.1 Å². The highest BCUT2D eigenvalue weighted by Crippen LogP contribution is 2.40. The molecule has 0 saturated carbocycles. The number of piperidine rings is 1. The van der Waals surface area contributed by atoms with Crippen LogP contribution in [0.2, 0.25) is 0 Å². The summed E-state index contributed by atoms with van der Waals surface area (Å²) < 4.78 is 19.6. The van der Waals surface area contributed by atoms with E-state index in [4.69, 9.17) is 19.2 Å². The van der Waals surface area contributed by atoms with Crippen molar-refractivity contribution in [1.82, 2.24) is 49.5 Å². The Hall–Kier alpha value is -8.67. The van der Waals surface area contributed by atoms with Crippen LogP contribution >= 0.6 is 0 Å². The molecule has 1 N–H and O–H groups in total. The van der Waals surface area contributed by atoms with Crippen molar-refractivity contribution in [2.24, 2.45) is 5.92 Å². The topological polar surface area (TPSA) is 187 Å². The van der Waals surface area contributed by atoms with Crippen LogP contribution in [0.25, 0.3) is 22.3 Å². The minimum Gasteiger partial charge on any atom is -0.494 e. The quantitative estimate of drug-likeness (QED) is 0.0499. The van der Waals surface area contributed by atoms with Crippen molar-refractivity contribution in [3.63, 3.8) is 0 Å². The third-order valence-corrected chi connectivity index (χ3v) is 15.7. The zero-order chi connectivity index (χ0) is 56.4. The van der Waals surface area contributed by atoms with E-state index in [0.29, 0.717) is 115 Å². The molecule has 3 aliphatic heterocycles. The highest BCUT2D eigenvalue weighted by molar-refractivity contribution is 5.90. The molecule has 82 heavy (non-hydrogen) atoms. The van der Waals surface area contributed by atoms with E-state index in [2.05, 4.69) is 84.4 Å². The fraction of sp³-hybridized carbons (Fsp3) is 0.338. The van der Waals surface area contributed by atoms with Gasteiger partial charge < -0.3 is 29.0 Å². The van der Waals surface area contributed by atoms with E-state index in [0.717, 1.165) is 85.8 Å². The number of ether oxygens (including phenoxy) is 3. The van der Waals surface area contributed by atoms with E-state index >= 15 is 0 Å². The summed E-state index contributed by atoms with van der Waals surface area (Å²) in [5, 5.41) is 4.00. The van der Waals surface area contributed by atoms with Gasteiger partial charge in [0.05, 0.1) is 64.3 Å². The molecular formula is C65H68N10O7. The van der Waals surface area contributed by atoms with Crippen LogP contribution in [0.1, 0.15) is 108 Å². The molecule has 17 heteroatoms. The molecule has 0 aliphatic carbocycles. The fourth-order valence-corrected chi connectivity index (χ4v) is 11.6. The zero-order valence-electron chi connectivity index (χ0n) is 46.5. The van der Waals surface area contributed by atoms with Crippen molar-refractivity contribution in [3.05, 3.63) is 207 Å². The summed E-state index contributed by atoms with van der Waals surface area (Å²) in [7, 11) is 0. The molecule has 3 aliphatic rings. The summed E-state index contributed by atoms with van der Waals surface area (Å²) in [5.74, 6) is 0.169. The van der Waals surface area contributed by atoms with Crippen molar-refractivity contribution in [2.45, 2.75) is 111 Å². The first-order valence-electron chi connectivity index (χ1n) is 28.6. The number of unbranched alkanes of at least 4 members (excludes halogenated alkanes) is 1. The monoisotopic (exact) mass is 1100 g/mol. The SMILES string of the molecule is CCc1c2c(nc3ccc(OC(=O)N4CCC(C(=O)NCCCCOc5cc(CN(Cc6ccccn6)Cc6ccccn6)cc(CN(Cc6ccccn6)Cc6ccccn6)c5)CC4)cc13)-c1cc3c(c(=O)n1C2)COC(=O)[C@H]3CC. The maximum atomic E-state index is 13.8. The Bertz CT molecular complexity index is 3410. The number of pyridine rings is 6. The standard InChI is InChI=1S/C65H68N10O7/c1-3-53-56-34-51(19-20-59(56)71-61-57(53)42-75-60(61)35-55-54(4-2)64(78)81-43-58(55)63(75)77)82-65(79)74-28-21-46(22-29-74)62(76)70-27-13-14-30-80-52-32-44(36-72(38-47-15-5-9-23-66-47)39-48-16-6-10-24-67-48)31-45(33-52)37-73(40-49-17-7-11-25-68-49)41-50-18-8-12-26-69-50/h5-12,15-20,23-26,31-35,46,54H,3-4,13-14,21-22,27-30,36-43H2,1-2H3,(H,70,76)/t54-/m0/s1. The largest absolute Gasteiger partial charge is 0.494 e. The lowest BCUT2D eigenvalue weighted by molar-refractivity contribution is -0.148. The number of aromatic nitrogens is 6. The van der Waals surface area contributed by atoms with Gasteiger partial charge in [0.25, 0.3) is 5.56 Å². The number of rotatable bonds is 22. The second-order valence-corrected chi connectivity index (χ2v) is 21.4. The summed E-state index contributed by atoms with van der Waals surface area (Å²) in [6.45, 7) is 9.94. The Morgan fingerprint density at radius 2 is 1.28 bits per heavy atom. The highest BCUT2D eigenvalue weighted by Gasteiger charge is 2.35. The van der Waals surface area contributed by atoms with E-state index in [-0.39, 0.29) is 30.0 Å². The Labute approximate surface area is 477 Å². The molecule has 9 heterocycles. The molecule has 2 aromatic carbocycles. The van der Waals surface area contributed by atoms with Crippen LogP contribution < -0.4 is 20.3 Å². The Morgan fingerprint density at radius 1 is 0.683 bits per heavy atom. The minimum atomic E-state index is -0.485. The van der Waals surface area contributed by atoms with E-state index in [1.54, 1.807) is 15.5 Å². The Kier molecular flexibility index (Phi) is 17.4. The van der Waals surface area contributed by atoms with Gasteiger partial charge in [-0.15, -0.1) is 0 Å². The van der Waals surface area contributed by atoms with Crippen molar-refractivity contribution in [2.75, 3.05) is 26.2 Å². The van der Waals surface area contributed by atoms with E-state index in [9.17, 15) is 19.2 Å². The molecule has 1 atom stereocenters. The van der Waals surface area contributed by atoms with Crippen LogP contribution in [0.15, 0.2) is 145 Å². The molecule has 2 amide bonds. The molecular weight excluding hydrogens is 1030 g/mol. The first kappa shape index (κ1) is 55.2. The number of cyclic esters (lactones) is 1. The maximum Gasteiger partial charge on any atom is 0.415 e. The number of nitrogens with zero attached hydrogens (tertiary/aromatic N) is 9. The number of esters is 1. The predicted octanol–water partition coefficient (Wildman–Crippen LogP) is 9.71. The second-order valence-electron chi connectivity index (χ2n) is 21.4. The minimum absolute atomic E-state index is 0.00793. The summed E-state index contributed by atoms with van der Waals surface area (Å²) in [4.78, 5) is 83.4. The van der Waals surface area contributed by atoms with Gasteiger partial charge in [0.2, 0.25) is 5.91 Å². The molecule has 6 aromatic heterocycles. The average Bonchev–Trinajstić information content (AvgIpc) is 4.08. The summed E-state index contributed by atoms with van der Waals surface area (Å²) in [5.41, 5.74) is 11.4. The highest BCUT2D eigenvalue weighted by atomic mass is 16.6. The zero-order valence-corrected chi connectivity index (χ0v) is 46.5. The number of benzene rings is 2. The van der Waals surface area contributed by atoms with Crippen LogP contribution in [-0.4, -0.2) is 88.4 Å². The third-order valence-electron chi connectivity index (χ3n) is 15.7. The lowest BCUT2D eigenvalue weighted by atomic mass is 9.90. The van der Waals surface area contributed by atoms with E-state index in [1.165, 1.54) is 0 Å². The number of aryl methyl sites for hydroxylation is 1. The van der Waals surface area contributed by atoms with Crippen LogP contribution in [0, 0.1) is 5.92 Å². The lowest BCUT2D eigenvalue weighted by Gasteiger charge is -2.30. The van der Waals surface area contributed by atoms with E-state index in [1.807, 2.05) is 98.4 Å². The summed E-state index contributed by atoms with van der Waals surface area (Å²) in [6.07, 6.45) is 10.6. The van der Waals surface area contributed by atoms with Crippen LogP contribution in [0.4, 0.5) is 4.79 Å². The van der Waals surface area contributed by atoms with Gasteiger partial charge >= 0.3 is 12.1 Å². The number of carbonyl (C=O) groups is 3. The number of hydrogen-bond acceptors (Lipinski definition) is 14. The first-order valence-corrected chi connectivity index (χ1v) is 28.6. The van der Waals surface area contributed by atoms with E-state index < -0.39 is 12.0 Å².